The van der Waals surface area contributed by atoms with Crippen LogP contribution in [0.5, 0.6) is 0 Å². The molecule has 1 unspecified atom stereocenters. The van der Waals surface area contributed by atoms with Gasteiger partial charge in [0.05, 0.1) is 5.75 Å². The second kappa shape index (κ2) is 6.09. The van der Waals surface area contributed by atoms with E-state index in [-0.39, 0.29) is 11.3 Å². The van der Waals surface area contributed by atoms with Gasteiger partial charge in [-0.05, 0) is 35.9 Å². The SMILES string of the molecule is O=C1CSC(c2ccc(Cl)cc2)N1c1cc(Cl)cc(Cl)c1. The van der Waals surface area contributed by atoms with Crippen molar-refractivity contribution in [2.75, 3.05) is 10.7 Å². The number of hydrogen-bond donors (Lipinski definition) is 0. The number of hydrogen-bond acceptors (Lipinski definition) is 2. The molecule has 2 aromatic rings. The van der Waals surface area contributed by atoms with Crippen LogP contribution < -0.4 is 4.90 Å². The Balaban J connectivity index is 2.01. The summed E-state index contributed by atoms with van der Waals surface area (Å²) < 4.78 is 0. The molecular formula is C15H10Cl3NOS. The summed E-state index contributed by atoms with van der Waals surface area (Å²) in [6, 6.07) is 12.7. The predicted octanol–water partition coefficient (Wildman–Crippen LogP) is 5.43. The minimum Gasteiger partial charge on any atom is -0.295 e. The average Bonchev–Trinajstić information content (AvgIpc) is 2.80. The van der Waals surface area contributed by atoms with Crippen molar-refractivity contribution in [3.05, 3.63) is 63.1 Å². The summed E-state index contributed by atoms with van der Waals surface area (Å²) in [5, 5.41) is 1.60. The second-order valence-electron chi connectivity index (χ2n) is 4.61. The molecule has 2 nitrogen and oxygen atoms in total. The minimum atomic E-state index is -0.0932. The highest BCUT2D eigenvalue weighted by Gasteiger charge is 2.34. The first-order valence-corrected chi connectivity index (χ1v) is 8.38. The Hall–Kier alpha value is -0.870. The number of amides is 1. The fourth-order valence-electron chi connectivity index (χ4n) is 2.26. The molecule has 1 fully saturated rings. The van der Waals surface area contributed by atoms with Gasteiger partial charge in [-0.3, -0.25) is 9.69 Å². The predicted molar refractivity (Wildman–Crippen MR) is 90.6 cm³/mol. The number of nitrogens with zero attached hydrogens (tertiary/aromatic N) is 1. The van der Waals surface area contributed by atoms with E-state index in [1.54, 1.807) is 34.9 Å². The highest BCUT2D eigenvalue weighted by Crippen LogP contribution is 2.43. The fraction of sp³-hybridized carbons (Fsp3) is 0.133. The average molecular weight is 359 g/mol. The standard InChI is InChI=1S/C15H10Cl3NOS/c16-10-3-1-9(2-4-10)15-19(14(20)8-21-15)13-6-11(17)5-12(18)7-13/h1-7,15H,8H2. The largest absolute Gasteiger partial charge is 0.295 e. The summed E-state index contributed by atoms with van der Waals surface area (Å²) in [7, 11) is 0. The lowest BCUT2D eigenvalue weighted by Gasteiger charge is -2.24. The molecule has 3 rings (SSSR count). The molecule has 0 N–H and O–H groups in total. The number of anilines is 1. The maximum Gasteiger partial charge on any atom is 0.238 e. The van der Waals surface area contributed by atoms with Crippen molar-refractivity contribution in [2.45, 2.75) is 5.37 Å². The van der Waals surface area contributed by atoms with Gasteiger partial charge in [0, 0.05) is 20.8 Å². The van der Waals surface area contributed by atoms with Crippen molar-refractivity contribution in [2.24, 2.45) is 0 Å². The fourth-order valence-corrected chi connectivity index (χ4v) is 4.07. The lowest BCUT2D eigenvalue weighted by molar-refractivity contribution is -0.115. The van der Waals surface area contributed by atoms with E-state index >= 15 is 0 Å². The summed E-state index contributed by atoms with van der Waals surface area (Å²) in [6.45, 7) is 0. The third kappa shape index (κ3) is 3.16. The van der Waals surface area contributed by atoms with E-state index in [2.05, 4.69) is 0 Å². The Labute approximate surface area is 142 Å². The van der Waals surface area contributed by atoms with Gasteiger partial charge in [-0.2, -0.15) is 0 Å². The summed E-state index contributed by atoms with van der Waals surface area (Å²) in [5.74, 6) is 0.468. The molecule has 21 heavy (non-hydrogen) atoms. The van der Waals surface area contributed by atoms with Gasteiger partial charge < -0.3 is 0 Å². The van der Waals surface area contributed by atoms with E-state index in [4.69, 9.17) is 34.8 Å². The Morgan fingerprint density at radius 3 is 2.19 bits per heavy atom. The highest BCUT2D eigenvalue weighted by molar-refractivity contribution is 8.00. The van der Waals surface area contributed by atoms with Gasteiger partial charge in [-0.25, -0.2) is 0 Å². The molecule has 1 saturated heterocycles. The van der Waals surface area contributed by atoms with Gasteiger partial charge in [0.1, 0.15) is 5.37 Å². The molecule has 0 saturated carbocycles. The van der Waals surface area contributed by atoms with Crippen molar-refractivity contribution in [1.29, 1.82) is 0 Å². The molecule has 1 aliphatic rings. The lowest BCUT2D eigenvalue weighted by atomic mass is 10.2. The van der Waals surface area contributed by atoms with Crippen LogP contribution in [0.15, 0.2) is 42.5 Å². The quantitative estimate of drug-likeness (QED) is 0.714. The first-order chi connectivity index (χ1) is 10.0. The number of thioether (sulfide) groups is 1. The lowest BCUT2D eigenvalue weighted by Crippen LogP contribution is -2.27. The zero-order chi connectivity index (χ0) is 15.0. The number of carbonyl (C=O) groups excluding carboxylic acids is 1. The Bertz CT molecular complexity index is 670. The van der Waals surface area contributed by atoms with E-state index in [0.717, 1.165) is 5.56 Å². The summed E-state index contributed by atoms with van der Waals surface area (Å²) in [4.78, 5) is 14.0. The summed E-state index contributed by atoms with van der Waals surface area (Å²) in [6.07, 6.45) is 0. The van der Waals surface area contributed by atoms with Crippen LogP contribution in [0, 0.1) is 0 Å². The van der Waals surface area contributed by atoms with Crippen LogP contribution in [-0.2, 0) is 4.79 Å². The van der Waals surface area contributed by atoms with Crippen LogP contribution in [0.4, 0.5) is 5.69 Å². The smallest absolute Gasteiger partial charge is 0.238 e. The van der Waals surface area contributed by atoms with Gasteiger partial charge in [-0.1, -0.05) is 46.9 Å². The summed E-state index contributed by atoms with van der Waals surface area (Å²) in [5.41, 5.74) is 1.73. The number of rotatable bonds is 2. The van der Waals surface area contributed by atoms with Gasteiger partial charge >= 0.3 is 0 Å². The van der Waals surface area contributed by atoms with Gasteiger partial charge in [-0.15, -0.1) is 11.8 Å². The minimum absolute atomic E-state index is 0.0401. The molecule has 0 bridgehead atoms. The Kier molecular flexibility index (Phi) is 4.36. The number of benzene rings is 2. The van der Waals surface area contributed by atoms with Crippen LogP contribution in [-0.4, -0.2) is 11.7 Å². The Morgan fingerprint density at radius 2 is 1.57 bits per heavy atom. The van der Waals surface area contributed by atoms with Gasteiger partial charge in [0.2, 0.25) is 5.91 Å². The molecule has 0 radical (unpaired) electrons. The van der Waals surface area contributed by atoms with Crippen molar-refractivity contribution >= 4 is 58.2 Å². The molecular weight excluding hydrogens is 349 g/mol. The van der Waals surface area contributed by atoms with E-state index in [1.165, 1.54) is 0 Å². The van der Waals surface area contributed by atoms with E-state index in [1.807, 2.05) is 24.3 Å². The van der Waals surface area contributed by atoms with Crippen molar-refractivity contribution in [3.8, 4) is 0 Å². The topological polar surface area (TPSA) is 20.3 Å². The molecule has 2 aromatic carbocycles. The first kappa shape index (κ1) is 15.0. The van der Waals surface area contributed by atoms with Crippen LogP contribution in [0.1, 0.15) is 10.9 Å². The normalized spacial score (nSPS) is 18.3. The maximum absolute atomic E-state index is 12.2. The molecule has 1 amide bonds. The van der Waals surface area contributed by atoms with Crippen LogP contribution in [0.3, 0.4) is 0 Å². The van der Waals surface area contributed by atoms with Gasteiger partial charge in [0.15, 0.2) is 0 Å². The second-order valence-corrected chi connectivity index (χ2v) is 6.98. The maximum atomic E-state index is 12.2. The molecule has 6 heteroatoms. The van der Waals surface area contributed by atoms with Crippen LogP contribution in [0.2, 0.25) is 15.1 Å². The van der Waals surface area contributed by atoms with Crippen molar-refractivity contribution < 1.29 is 4.79 Å². The third-order valence-corrected chi connectivity index (χ3v) is 5.05. The zero-order valence-electron chi connectivity index (χ0n) is 10.7. The molecule has 108 valence electrons. The van der Waals surface area contributed by atoms with E-state index < -0.39 is 0 Å². The van der Waals surface area contributed by atoms with Crippen LogP contribution >= 0.6 is 46.6 Å². The van der Waals surface area contributed by atoms with Crippen molar-refractivity contribution in [1.82, 2.24) is 0 Å². The molecule has 0 aliphatic carbocycles. The Morgan fingerprint density at radius 1 is 0.952 bits per heavy atom. The number of carbonyl (C=O) groups is 1. The highest BCUT2D eigenvalue weighted by atomic mass is 35.5. The first-order valence-electron chi connectivity index (χ1n) is 6.20. The zero-order valence-corrected chi connectivity index (χ0v) is 13.8. The van der Waals surface area contributed by atoms with Gasteiger partial charge in [0.25, 0.3) is 0 Å². The monoisotopic (exact) mass is 357 g/mol. The van der Waals surface area contributed by atoms with Crippen LogP contribution in [0.25, 0.3) is 0 Å². The third-order valence-electron chi connectivity index (χ3n) is 3.15. The summed E-state index contributed by atoms with van der Waals surface area (Å²) >= 11 is 19.6. The van der Waals surface area contributed by atoms with Crippen molar-refractivity contribution in [3.63, 3.8) is 0 Å². The molecule has 1 heterocycles. The number of halogens is 3. The van der Waals surface area contributed by atoms with E-state index in [0.29, 0.717) is 26.5 Å². The molecule has 0 spiro atoms. The molecule has 1 atom stereocenters. The molecule has 0 aromatic heterocycles. The van der Waals surface area contributed by atoms with E-state index in [9.17, 15) is 4.79 Å². The molecule has 1 aliphatic heterocycles.